The summed E-state index contributed by atoms with van der Waals surface area (Å²) in [5.41, 5.74) is 7.88. The van der Waals surface area contributed by atoms with Gasteiger partial charge in [-0.3, -0.25) is 0 Å². The van der Waals surface area contributed by atoms with Crippen molar-refractivity contribution in [2.24, 2.45) is 29.6 Å². The van der Waals surface area contributed by atoms with E-state index in [4.69, 9.17) is 0 Å². The molecule has 6 unspecified atom stereocenters. The van der Waals surface area contributed by atoms with Crippen molar-refractivity contribution in [1.29, 1.82) is 0 Å². The molecule has 0 N–H and O–H groups in total. The van der Waals surface area contributed by atoms with Gasteiger partial charge < -0.3 is 24.8 Å². The predicted molar refractivity (Wildman–Crippen MR) is 140 cm³/mol. The van der Waals surface area contributed by atoms with Crippen LogP contribution in [0.25, 0.3) is 0 Å². The van der Waals surface area contributed by atoms with Crippen molar-refractivity contribution in [3.63, 3.8) is 0 Å². The molecule has 0 nitrogen and oxygen atoms in total. The average molecular weight is 594 g/mol. The van der Waals surface area contributed by atoms with Gasteiger partial charge in [-0.2, -0.15) is 0 Å². The van der Waals surface area contributed by atoms with Crippen LogP contribution in [0.1, 0.15) is 50.7 Å². The standard InChI is InChI=1S/C20H25.C13H10.2ClH.Zr/c1-13-10-11-16(14(13)2)18-8-5-9-19-17-7-4-3-6-15(17)12-20(18)19;1-3-7-12(8-4-1)11-13-9-5-2-6-10-13;;;/h3-4,6-7,10,12,15,17-20H,5,8-9,11H2,1-2H3;1-10H;2*1H;/q;;;;+2/p-2. The van der Waals surface area contributed by atoms with E-state index >= 15 is 0 Å². The summed E-state index contributed by atoms with van der Waals surface area (Å²) in [6.07, 6.45) is 17.9. The van der Waals surface area contributed by atoms with E-state index in [1.807, 2.05) is 0 Å². The molecule has 0 heterocycles. The zero-order chi connectivity index (χ0) is 23.1. The van der Waals surface area contributed by atoms with E-state index in [1.54, 1.807) is 14.4 Å². The van der Waals surface area contributed by atoms with Gasteiger partial charge in [0.05, 0.1) is 0 Å². The summed E-state index contributed by atoms with van der Waals surface area (Å²) < 4.78 is 2.56. The zero-order valence-corrected chi connectivity index (χ0v) is 25.2. The van der Waals surface area contributed by atoms with Gasteiger partial charge in [-0.05, 0) is 0 Å². The maximum absolute atomic E-state index is 2.61. The number of hydrogen-bond donors (Lipinski definition) is 0. The molecule has 4 aliphatic rings. The molecule has 0 aliphatic heterocycles. The van der Waals surface area contributed by atoms with Crippen LogP contribution in [-0.4, -0.2) is 3.21 Å². The minimum Gasteiger partial charge on any atom is -1.00 e. The van der Waals surface area contributed by atoms with Crippen molar-refractivity contribution in [1.82, 2.24) is 0 Å². The van der Waals surface area contributed by atoms with E-state index in [9.17, 15) is 0 Å². The first-order valence-corrected chi connectivity index (χ1v) is 15.8. The summed E-state index contributed by atoms with van der Waals surface area (Å²) in [4.78, 5) is 0. The molecule has 4 aliphatic carbocycles. The largest absolute Gasteiger partial charge is 1.00 e. The number of fused-ring (bicyclic) bond motifs is 3. The molecule has 185 valence electrons. The molecule has 0 aromatic heterocycles. The third-order valence-corrected chi connectivity index (χ3v) is 14.0. The minimum absolute atomic E-state index is 0. The molecule has 0 spiro atoms. The Labute approximate surface area is 240 Å². The molecule has 2 aromatic rings. The first kappa shape index (κ1) is 27.8. The van der Waals surface area contributed by atoms with Crippen LogP contribution in [-0.2, 0) is 22.8 Å². The summed E-state index contributed by atoms with van der Waals surface area (Å²) in [5, 5.41) is 0. The van der Waals surface area contributed by atoms with Crippen LogP contribution in [0.4, 0.5) is 0 Å². The topological polar surface area (TPSA) is 0 Å². The summed E-state index contributed by atoms with van der Waals surface area (Å²) in [6, 6.07) is 22.7. The van der Waals surface area contributed by atoms with E-state index in [2.05, 4.69) is 105 Å². The molecule has 0 radical (unpaired) electrons. The second-order valence-corrected chi connectivity index (χ2v) is 14.3. The molecular formula is C33H35Cl2Zr. The van der Waals surface area contributed by atoms with Crippen LogP contribution in [0.2, 0.25) is 3.63 Å². The van der Waals surface area contributed by atoms with Gasteiger partial charge in [0.25, 0.3) is 0 Å². The predicted octanol–water partition coefficient (Wildman–Crippen LogP) is 2.21. The molecule has 2 saturated carbocycles. The van der Waals surface area contributed by atoms with E-state index in [0.29, 0.717) is 0 Å². The Bertz CT molecular complexity index is 1160. The second-order valence-electron chi connectivity index (χ2n) is 10.7. The molecule has 0 bridgehead atoms. The maximum atomic E-state index is 2.61. The second kappa shape index (κ2) is 12.1. The quantitative estimate of drug-likeness (QED) is 0.510. The molecule has 0 amide bonds. The smallest absolute Gasteiger partial charge is 1.00 e. The van der Waals surface area contributed by atoms with Gasteiger partial charge in [-0.1, -0.05) is 0 Å². The first-order valence-electron chi connectivity index (χ1n) is 13.2. The summed E-state index contributed by atoms with van der Waals surface area (Å²) in [7, 11) is 0. The molecular weight excluding hydrogens is 558 g/mol. The van der Waals surface area contributed by atoms with Crippen LogP contribution in [0, 0.1) is 29.6 Å². The molecule has 2 aromatic carbocycles. The maximum Gasteiger partial charge on any atom is -1.00 e. The molecule has 0 saturated heterocycles. The zero-order valence-electron chi connectivity index (χ0n) is 21.2. The van der Waals surface area contributed by atoms with Gasteiger partial charge in [0.2, 0.25) is 0 Å². The Balaban J connectivity index is 0.00000152. The van der Waals surface area contributed by atoms with Gasteiger partial charge >= 0.3 is 218 Å². The van der Waals surface area contributed by atoms with Crippen molar-refractivity contribution in [3.8, 4) is 0 Å². The summed E-state index contributed by atoms with van der Waals surface area (Å²) in [5.74, 6) is 4.01. The number of allylic oxidation sites excluding steroid dienone is 8. The molecule has 6 rings (SSSR count). The van der Waals surface area contributed by atoms with Crippen LogP contribution in [0.5, 0.6) is 0 Å². The van der Waals surface area contributed by atoms with Crippen LogP contribution in [0.3, 0.4) is 0 Å². The summed E-state index contributed by atoms with van der Waals surface area (Å²) >= 11 is -0.902. The van der Waals surface area contributed by atoms with Crippen molar-refractivity contribution in [2.75, 3.05) is 0 Å². The van der Waals surface area contributed by atoms with Crippen molar-refractivity contribution >= 4 is 3.21 Å². The Morgan fingerprint density at radius 1 is 0.778 bits per heavy atom. The van der Waals surface area contributed by atoms with E-state index in [-0.39, 0.29) is 24.8 Å². The SMILES string of the molecule is CC1=CCC(C2CCCC3C4C=CC=CC4[CH]([Zr+2]=[C](c4ccccc4)c4ccccc4)C23)=C1C.[Cl-].[Cl-]. The van der Waals surface area contributed by atoms with Crippen LogP contribution < -0.4 is 24.8 Å². The average Bonchev–Trinajstić information content (AvgIpc) is 3.40. The van der Waals surface area contributed by atoms with Gasteiger partial charge in [-0.25, -0.2) is 0 Å². The Kier molecular flexibility index (Phi) is 9.30. The minimum atomic E-state index is -0.902. The number of benzene rings is 2. The van der Waals surface area contributed by atoms with Crippen molar-refractivity contribution in [2.45, 2.75) is 43.2 Å². The number of halogens is 2. The van der Waals surface area contributed by atoms with Crippen LogP contribution >= 0.6 is 0 Å². The third kappa shape index (κ3) is 5.06. The third-order valence-electron chi connectivity index (χ3n) is 9.14. The Morgan fingerprint density at radius 2 is 1.39 bits per heavy atom. The van der Waals surface area contributed by atoms with Crippen LogP contribution in [0.15, 0.2) is 108 Å². The van der Waals surface area contributed by atoms with E-state index < -0.39 is 22.8 Å². The molecule has 3 heteroatoms. The normalized spacial score (nSPS) is 29.9. The fourth-order valence-corrected chi connectivity index (χ4v) is 12.9. The molecule has 6 atom stereocenters. The van der Waals surface area contributed by atoms with Crippen molar-refractivity contribution in [3.05, 3.63) is 119 Å². The molecule has 36 heavy (non-hydrogen) atoms. The van der Waals surface area contributed by atoms with Crippen molar-refractivity contribution < 1.29 is 47.6 Å². The number of hydrogen-bond acceptors (Lipinski definition) is 0. The van der Waals surface area contributed by atoms with Gasteiger partial charge in [0, 0.05) is 0 Å². The Hall–Kier alpha value is -1.27. The van der Waals surface area contributed by atoms with Gasteiger partial charge in [0.1, 0.15) is 0 Å². The Morgan fingerprint density at radius 3 is 1.97 bits per heavy atom. The van der Waals surface area contributed by atoms with E-state index in [0.717, 1.165) is 33.2 Å². The molecule has 2 fully saturated rings. The number of rotatable bonds is 4. The van der Waals surface area contributed by atoms with E-state index in [1.165, 1.54) is 42.4 Å². The fraction of sp³-hybridized carbons (Fsp3) is 0.364. The monoisotopic (exact) mass is 591 g/mol. The van der Waals surface area contributed by atoms with Gasteiger partial charge in [-0.15, -0.1) is 0 Å². The fourth-order valence-electron chi connectivity index (χ4n) is 7.47. The van der Waals surface area contributed by atoms with Gasteiger partial charge in [0.15, 0.2) is 0 Å². The summed E-state index contributed by atoms with van der Waals surface area (Å²) in [6.45, 7) is 4.73. The first-order chi connectivity index (χ1) is 16.7.